The van der Waals surface area contributed by atoms with Gasteiger partial charge in [0.1, 0.15) is 0 Å². The lowest BCUT2D eigenvalue weighted by Gasteiger charge is -2.05. The van der Waals surface area contributed by atoms with Gasteiger partial charge in [0.15, 0.2) is 0 Å². The maximum Gasteiger partial charge on any atom is 0.0765 e. The van der Waals surface area contributed by atoms with Crippen molar-refractivity contribution in [2.24, 2.45) is 0 Å². The highest BCUT2D eigenvalue weighted by molar-refractivity contribution is 6.36. The van der Waals surface area contributed by atoms with E-state index in [1.165, 1.54) is 0 Å². The first-order valence-electron chi connectivity index (χ1n) is 4.92. The molecule has 0 unspecified atom stereocenters. The lowest BCUT2D eigenvalue weighted by molar-refractivity contribution is 0.864. The van der Waals surface area contributed by atoms with E-state index in [-0.39, 0.29) is 0 Å². The van der Waals surface area contributed by atoms with E-state index < -0.39 is 0 Å². The highest BCUT2D eigenvalue weighted by Crippen LogP contribution is 2.25. The predicted octanol–water partition coefficient (Wildman–Crippen LogP) is 4.43. The minimum absolute atomic E-state index is 0.587. The van der Waals surface area contributed by atoms with E-state index >= 15 is 0 Å². The van der Waals surface area contributed by atoms with Gasteiger partial charge in [0.25, 0.3) is 0 Å². The van der Waals surface area contributed by atoms with Crippen LogP contribution < -0.4 is 5.32 Å². The summed E-state index contributed by atoms with van der Waals surface area (Å²) in [5.74, 6) is 0. The Morgan fingerprint density at radius 1 is 0.938 bits per heavy atom. The zero-order valence-corrected chi connectivity index (χ0v) is 10.0. The quantitative estimate of drug-likeness (QED) is 0.766. The first-order chi connectivity index (χ1) is 7.75. The van der Waals surface area contributed by atoms with E-state index in [0.717, 1.165) is 11.3 Å². The van der Waals surface area contributed by atoms with Crippen LogP contribution in [0.3, 0.4) is 0 Å². The number of hydrogen-bond acceptors (Lipinski definition) is 0. The molecule has 0 aliphatic carbocycles. The van der Waals surface area contributed by atoms with Crippen LogP contribution >= 0.6 is 23.2 Å². The maximum absolute atomic E-state index is 6.02. The summed E-state index contributed by atoms with van der Waals surface area (Å²) in [5, 5.41) is 5.64. The highest BCUT2D eigenvalue weighted by Gasteiger charge is 2.02. The predicted molar refractivity (Wildman–Crippen MR) is 68.4 cm³/mol. The summed E-state index contributed by atoms with van der Waals surface area (Å²) >= 11 is 11.8. The smallest absolute Gasteiger partial charge is 0.0765 e. The summed E-state index contributed by atoms with van der Waals surface area (Å²) in [5.41, 5.74) is 1.93. The topological polar surface area (TPSA) is 14.1 Å². The Balaban J connectivity index is 2.05. The van der Waals surface area contributed by atoms with Gasteiger partial charge in [-0.2, -0.15) is 0 Å². The molecule has 0 N–H and O–H groups in total. The van der Waals surface area contributed by atoms with Gasteiger partial charge in [0, 0.05) is 5.02 Å². The van der Waals surface area contributed by atoms with Crippen molar-refractivity contribution < 1.29 is 0 Å². The third-order valence-electron chi connectivity index (χ3n) is 2.18. The van der Waals surface area contributed by atoms with E-state index in [2.05, 4.69) is 5.32 Å². The molecule has 2 aromatic carbocycles. The summed E-state index contributed by atoms with van der Waals surface area (Å²) < 4.78 is 0. The number of halogens is 2. The summed E-state index contributed by atoms with van der Waals surface area (Å²) in [6, 6.07) is 15.4. The summed E-state index contributed by atoms with van der Waals surface area (Å²) in [4.78, 5) is 0. The fourth-order valence-electron chi connectivity index (χ4n) is 1.37. The normalized spacial score (nSPS) is 10.1. The Hall–Kier alpha value is -1.18. The average Bonchev–Trinajstić information content (AvgIpc) is 2.29. The Kier molecular flexibility index (Phi) is 3.70. The molecule has 0 amide bonds. The Labute approximate surface area is 105 Å². The first-order valence-corrected chi connectivity index (χ1v) is 5.68. The second kappa shape index (κ2) is 5.24. The molecule has 0 saturated carbocycles. The second-order valence-corrected chi connectivity index (χ2v) is 4.24. The van der Waals surface area contributed by atoms with Crippen molar-refractivity contribution in [3.63, 3.8) is 0 Å². The van der Waals surface area contributed by atoms with E-state index in [4.69, 9.17) is 23.2 Å². The fourth-order valence-corrected chi connectivity index (χ4v) is 1.84. The van der Waals surface area contributed by atoms with Gasteiger partial charge < -0.3 is 0 Å². The van der Waals surface area contributed by atoms with Crippen LogP contribution in [0.2, 0.25) is 10.0 Å². The maximum atomic E-state index is 6.02. The SMILES string of the molecule is Clc1ccc([N]Cc2ccccc2)c(Cl)c1. The van der Waals surface area contributed by atoms with Gasteiger partial charge in [-0.05, 0) is 23.8 Å². The Bertz CT molecular complexity index is 469. The molecule has 2 rings (SSSR count). The molecular formula is C13H10Cl2N. The molecule has 0 fully saturated rings. The van der Waals surface area contributed by atoms with E-state index in [1.54, 1.807) is 12.1 Å². The molecule has 0 saturated heterocycles. The van der Waals surface area contributed by atoms with E-state index in [9.17, 15) is 0 Å². The molecule has 81 valence electrons. The summed E-state index contributed by atoms with van der Waals surface area (Å²) in [6.45, 7) is 0.627. The van der Waals surface area contributed by atoms with Crippen molar-refractivity contribution in [2.75, 3.05) is 0 Å². The van der Waals surface area contributed by atoms with Crippen molar-refractivity contribution in [3.8, 4) is 0 Å². The molecule has 0 atom stereocenters. The third kappa shape index (κ3) is 2.91. The molecule has 0 aromatic heterocycles. The Morgan fingerprint density at radius 2 is 1.69 bits per heavy atom. The van der Waals surface area contributed by atoms with Crippen LogP contribution in [0.5, 0.6) is 0 Å². The molecule has 2 aromatic rings. The lowest BCUT2D eigenvalue weighted by atomic mass is 10.2. The van der Waals surface area contributed by atoms with Crippen molar-refractivity contribution in [3.05, 3.63) is 64.1 Å². The number of hydrogen-bond donors (Lipinski definition) is 0. The molecule has 0 spiro atoms. The first kappa shape index (κ1) is 11.3. The second-order valence-electron chi connectivity index (χ2n) is 3.40. The van der Waals surface area contributed by atoms with Gasteiger partial charge in [-0.3, -0.25) is 5.32 Å². The van der Waals surface area contributed by atoms with Crippen molar-refractivity contribution in [1.29, 1.82) is 0 Å². The van der Waals surface area contributed by atoms with Gasteiger partial charge in [0.2, 0.25) is 0 Å². The van der Waals surface area contributed by atoms with Crippen LogP contribution in [0.25, 0.3) is 0 Å². The van der Waals surface area contributed by atoms with Crippen LogP contribution in [0.15, 0.2) is 48.5 Å². The molecule has 0 aliphatic rings. The van der Waals surface area contributed by atoms with Crippen LogP contribution in [0.1, 0.15) is 5.56 Å². The highest BCUT2D eigenvalue weighted by atomic mass is 35.5. The van der Waals surface area contributed by atoms with Crippen LogP contribution in [-0.4, -0.2) is 0 Å². The van der Waals surface area contributed by atoms with Gasteiger partial charge >= 0.3 is 0 Å². The molecule has 0 bridgehead atoms. The molecule has 0 aliphatic heterocycles. The van der Waals surface area contributed by atoms with Gasteiger partial charge in [-0.25, -0.2) is 0 Å². The van der Waals surface area contributed by atoms with Crippen molar-refractivity contribution in [2.45, 2.75) is 6.54 Å². The molecule has 1 nitrogen and oxygen atoms in total. The van der Waals surface area contributed by atoms with Crippen molar-refractivity contribution in [1.82, 2.24) is 5.32 Å². The van der Waals surface area contributed by atoms with E-state index in [1.807, 2.05) is 36.4 Å². The minimum Gasteiger partial charge on any atom is -0.279 e. The number of rotatable bonds is 3. The third-order valence-corrected chi connectivity index (χ3v) is 2.72. The number of benzene rings is 2. The van der Waals surface area contributed by atoms with Crippen LogP contribution in [-0.2, 0) is 6.54 Å². The van der Waals surface area contributed by atoms with Gasteiger partial charge in [-0.1, -0.05) is 53.5 Å². The largest absolute Gasteiger partial charge is 0.279 e. The van der Waals surface area contributed by atoms with E-state index in [0.29, 0.717) is 16.6 Å². The summed E-state index contributed by atoms with van der Waals surface area (Å²) in [6.07, 6.45) is 0. The lowest BCUT2D eigenvalue weighted by Crippen LogP contribution is -1.98. The molecular weight excluding hydrogens is 241 g/mol. The zero-order valence-electron chi connectivity index (χ0n) is 8.53. The Morgan fingerprint density at radius 3 is 2.38 bits per heavy atom. The van der Waals surface area contributed by atoms with Gasteiger partial charge in [0.05, 0.1) is 17.3 Å². The minimum atomic E-state index is 0.587. The molecule has 0 heterocycles. The molecule has 16 heavy (non-hydrogen) atoms. The summed E-state index contributed by atoms with van der Waals surface area (Å²) in [7, 11) is 0. The van der Waals surface area contributed by atoms with Crippen LogP contribution in [0, 0.1) is 0 Å². The van der Waals surface area contributed by atoms with Crippen LogP contribution in [0.4, 0.5) is 5.69 Å². The average molecular weight is 251 g/mol. The number of nitrogens with zero attached hydrogens (tertiary/aromatic N) is 1. The van der Waals surface area contributed by atoms with Crippen molar-refractivity contribution >= 4 is 28.9 Å². The molecule has 3 heteroatoms. The monoisotopic (exact) mass is 250 g/mol. The van der Waals surface area contributed by atoms with Gasteiger partial charge in [-0.15, -0.1) is 0 Å². The zero-order chi connectivity index (χ0) is 11.4. The fraction of sp³-hybridized carbons (Fsp3) is 0.0769. The molecule has 1 radical (unpaired) electrons. The standard InChI is InChI=1S/C13H10Cl2N/c14-11-6-7-13(12(15)8-11)16-9-10-4-2-1-3-5-10/h1-8H,9H2.